The molecule has 0 saturated carbocycles. The van der Waals surface area contributed by atoms with E-state index in [-0.39, 0.29) is 18.4 Å². The smallest absolute Gasteiger partial charge is 0.242 e. The first-order chi connectivity index (χ1) is 13.0. The van der Waals surface area contributed by atoms with Crippen molar-refractivity contribution in [2.75, 3.05) is 37.6 Å². The summed E-state index contributed by atoms with van der Waals surface area (Å²) in [6.45, 7) is 4.80. The molecule has 5 nitrogen and oxygen atoms in total. The zero-order chi connectivity index (χ0) is 19.2. The number of benzene rings is 2. The van der Waals surface area contributed by atoms with Gasteiger partial charge in [0.25, 0.3) is 0 Å². The van der Waals surface area contributed by atoms with Gasteiger partial charge in [-0.25, -0.2) is 0 Å². The molecule has 1 aliphatic rings. The highest BCUT2D eigenvalue weighted by molar-refractivity contribution is 6.31. The summed E-state index contributed by atoms with van der Waals surface area (Å²) in [7, 11) is 0. The second-order valence-electron chi connectivity index (χ2n) is 6.67. The third-order valence-corrected chi connectivity index (χ3v) is 5.21. The number of halogens is 1. The van der Waals surface area contributed by atoms with Crippen molar-refractivity contribution in [1.29, 1.82) is 0 Å². The van der Waals surface area contributed by atoms with Crippen molar-refractivity contribution in [2.45, 2.75) is 13.5 Å². The molecule has 27 heavy (non-hydrogen) atoms. The first-order valence-corrected chi connectivity index (χ1v) is 9.49. The van der Waals surface area contributed by atoms with Crippen molar-refractivity contribution in [3.63, 3.8) is 0 Å². The molecule has 0 aliphatic carbocycles. The lowest BCUT2D eigenvalue weighted by molar-refractivity contribution is -0.140. The average Bonchev–Trinajstić information content (AvgIpc) is 2.69. The normalized spacial score (nSPS) is 14.1. The Morgan fingerprint density at radius 1 is 0.963 bits per heavy atom. The van der Waals surface area contributed by atoms with Crippen LogP contribution in [0, 0.1) is 0 Å². The fourth-order valence-electron chi connectivity index (χ4n) is 3.23. The molecule has 0 aromatic heterocycles. The van der Waals surface area contributed by atoms with Gasteiger partial charge >= 0.3 is 0 Å². The Labute approximate surface area is 165 Å². The van der Waals surface area contributed by atoms with E-state index in [0.29, 0.717) is 24.7 Å². The monoisotopic (exact) mass is 385 g/mol. The molecule has 0 radical (unpaired) electrons. The van der Waals surface area contributed by atoms with Crippen LogP contribution >= 0.6 is 11.6 Å². The summed E-state index contributed by atoms with van der Waals surface area (Å²) in [5, 5.41) is 0.604. The summed E-state index contributed by atoms with van der Waals surface area (Å²) in [4.78, 5) is 30.4. The van der Waals surface area contributed by atoms with Crippen LogP contribution < -0.4 is 4.90 Å². The number of piperazine rings is 1. The third kappa shape index (κ3) is 5.01. The Bertz CT molecular complexity index is 789. The van der Waals surface area contributed by atoms with E-state index in [4.69, 9.17) is 11.6 Å². The summed E-state index contributed by atoms with van der Waals surface area (Å²) < 4.78 is 0. The average molecular weight is 386 g/mol. The number of para-hydroxylation sites is 1. The molecule has 2 aromatic carbocycles. The minimum Gasteiger partial charge on any atom is -0.368 e. The molecule has 142 valence electrons. The molecule has 3 rings (SSSR count). The molecule has 2 amide bonds. The van der Waals surface area contributed by atoms with Crippen LogP contribution in [-0.4, -0.2) is 54.3 Å². The van der Waals surface area contributed by atoms with Crippen LogP contribution in [0.4, 0.5) is 5.69 Å². The Morgan fingerprint density at radius 3 is 2.22 bits per heavy atom. The van der Waals surface area contributed by atoms with Gasteiger partial charge in [-0.05, 0) is 23.8 Å². The van der Waals surface area contributed by atoms with Gasteiger partial charge in [0, 0.05) is 50.4 Å². The van der Waals surface area contributed by atoms with Crippen molar-refractivity contribution >= 4 is 29.1 Å². The van der Waals surface area contributed by atoms with Crippen LogP contribution in [-0.2, 0) is 16.1 Å². The van der Waals surface area contributed by atoms with Crippen LogP contribution in [0.5, 0.6) is 0 Å². The number of carbonyl (C=O) groups is 2. The molecule has 6 heteroatoms. The van der Waals surface area contributed by atoms with Crippen LogP contribution in [0.2, 0.25) is 5.02 Å². The Hall–Kier alpha value is -2.53. The lowest BCUT2D eigenvalue weighted by Crippen LogP contribution is -2.51. The van der Waals surface area contributed by atoms with Crippen molar-refractivity contribution in [3.8, 4) is 0 Å². The molecule has 0 bridgehead atoms. The first kappa shape index (κ1) is 19.2. The van der Waals surface area contributed by atoms with E-state index in [2.05, 4.69) is 17.0 Å². The van der Waals surface area contributed by atoms with E-state index in [0.717, 1.165) is 18.7 Å². The molecular formula is C21H24ClN3O2. The molecule has 0 unspecified atom stereocenters. The van der Waals surface area contributed by atoms with E-state index >= 15 is 0 Å². The van der Waals surface area contributed by atoms with Crippen molar-refractivity contribution in [2.24, 2.45) is 0 Å². The van der Waals surface area contributed by atoms with Gasteiger partial charge in [0.1, 0.15) is 6.54 Å². The fraction of sp³-hybridized carbons (Fsp3) is 0.333. The molecule has 1 saturated heterocycles. The second-order valence-corrected chi connectivity index (χ2v) is 7.08. The van der Waals surface area contributed by atoms with Gasteiger partial charge in [0.05, 0.1) is 0 Å². The van der Waals surface area contributed by atoms with Gasteiger partial charge in [-0.15, -0.1) is 0 Å². The number of amides is 2. The van der Waals surface area contributed by atoms with Crippen molar-refractivity contribution in [3.05, 3.63) is 65.2 Å². The first-order valence-electron chi connectivity index (χ1n) is 9.11. The summed E-state index contributed by atoms with van der Waals surface area (Å²) in [6.07, 6.45) is 0. The summed E-state index contributed by atoms with van der Waals surface area (Å²) in [5.41, 5.74) is 2.02. The van der Waals surface area contributed by atoms with Gasteiger partial charge in [0.15, 0.2) is 0 Å². The number of anilines is 1. The highest BCUT2D eigenvalue weighted by Gasteiger charge is 2.24. The zero-order valence-electron chi connectivity index (χ0n) is 15.5. The minimum atomic E-state index is -0.133. The van der Waals surface area contributed by atoms with Gasteiger partial charge < -0.3 is 14.7 Å². The van der Waals surface area contributed by atoms with E-state index in [1.165, 1.54) is 12.6 Å². The van der Waals surface area contributed by atoms with Gasteiger partial charge in [-0.1, -0.05) is 48.0 Å². The number of carbonyl (C=O) groups excluding carboxylic acids is 2. The molecule has 1 aliphatic heterocycles. The molecule has 0 atom stereocenters. The third-order valence-electron chi connectivity index (χ3n) is 4.84. The van der Waals surface area contributed by atoms with Gasteiger partial charge in [-0.2, -0.15) is 0 Å². The fourth-order valence-corrected chi connectivity index (χ4v) is 3.42. The van der Waals surface area contributed by atoms with E-state index in [1.54, 1.807) is 11.0 Å². The van der Waals surface area contributed by atoms with E-state index in [9.17, 15) is 9.59 Å². The number of hydrogen-bond donors (Lipinski definition) is 0. The number of nitrogens with zero attached hydrogens (tertiary/aromatic N) is 3. The molecule has 0 N–H and O–H groups in total. The Morgan fingerprint density at radius 2 is 1.59 bits per heavy atom. The van der Waals surface area contributed by atoms with Crippen molar-refractivity contribution in [1.82, 2.24) is 9.80 Å². The summed E-state index contributed by atoms with van der Waals surface area (Å²) in [5.74, 6) is -0.156. The lowest BCUT2D eigenvalue weighted by Gasteiger charge is -2.37. The Balaban J connectivity index is 1.57. The van der Waals surface area contributed by atoms with Crippen LogP contribution in [0.3, 0.4) is 0 Å². The van der Waals surface area contributed by atoms with Gasteiger partial charge in [0.2, 0.25) is 11.8 Å². The van der Waals surface area contributed by atoms with Gasteiger partial charge in [-0.3, -0.25) is 9.59 Å². The highest BCUT2D eigenvalue weighted by Crippen LogP contribution is 2.18. The predicted molar refractivity (Wildman–Crippen MR) is 108 cm³/mol. The highest BCUT2D eigenvalue weighted by atomic mass is 35.5. The standard InChI is InChI=1S/C21H24ClN3O2/c1-17(26)25(15-18-7-5-6-10-20(18)22)16-21(27)24-13-11-23(12-14-24)19-8-3-2-4-9-19/h2-10H,11-16H2,1H3. The maximum absolute atomic E-state index is 12.7. The molecule has 0 spiro atoms. The maximum Gasteiger partial charge on any atom is 0.242 e. The number of hydrogen-bond acceptors (Lipinski definition) is 3. The molecular weight excluding hydrogens is 362 g/mol. The topological polar surface area (TPSA) is 43.9 Å². The molecule has 1 fully saturated rings. The maximum atomic E-state index is 12.7. The lowest BCUT2D eigenvalue weighted by atomic mass is 10.2. The number of rotatable bonds is 5. The SMILES string of the molecule is CC(=O)N(CC(=O)N1CCN(c2ccccc2)CC1)Cc1ccccc1Cl. The quantitative estimate of drug-likeness (QED) is 0.794. The van der Waals surface area contributed by atoms with E-state index < -0.39 is 0 Å². The minimum absolute atomic E-state index is 0.0232. The predicted octanol–water partition coefficient (Wildman–Crippen LogP) is 3.04. The van der Waals surface area contributed by atoms with Crippen LogP contribution in [0.15, 0.2) is 54.6 Å². The van der Waals surface area contributed by atoms with Crippen LogP contribution in [0.25, 0.3) is 0 Å². The van der Waals surface area contributed by atoms with E-state index in [1.807, 2.05) is 41.3 Å². The van der Waals surface area contributed by atoms with Crippen LogP contribution in [0.1, 0.15) is 12.5 Å². The molecule has 2 aromatic rings. The summed E-state index contributed by atoms with van der Waals surface area (Å²) in [6, 6.07) is 17.6. The second kappa shape index (κ2) is 8.91. The summed E-state index contributed by atoms with van der Waals surface area (Å²) >= 11 is 6.19. The molecule has 1 heterocycles. The van der Waals surface area contributed by atoms with Crippen molar-refractivity contribution < 1.29 is 9.59 Å². The Kier molecular flexibility index (Phi) is 6.35. The zero-order valence-corrected chi connectivity index (χ0v) is 16.2. The largest absolute Gasteiger partial charge is 0.368 e.